The molecular formula is C13H17ClO. The molecule has 1 aliphatic carbocycles. The van der Waals surface area contributed by atoms with Gasteiger partial charge in [-0.15, -0.1) is 0 Å². The molecule has 0 bridgehead atoms. The molecule has 0 amide bonds. The zero-order valence-corrected chi connectivity index (χ0v) is 9.80. The Balaban J connectivity index is 2.18. The Kier molecular flexibility index (Phi) is 3.32. The highest BCUT2D eigenvalue weighted by atomic mass is 35.5. The third kappa shape index (κ3) is 2.35. The highest BCUT2D eigenvalue weighted by molar-refractivity contribution is 6.30. The molecule has 1 nitrogen and oxygen atoms in total. The molecule has 2 atom stereocenters. The predicted molar refractivity (Wildman–Crippen MR) is 63.2 cm³/mol. The summed E-state index contributed by atoms with van der Waals surface area (Å²) in [5.41, 5.74) is 2.81. The van der Waals surface area contributed by atoms with E-state index in [1.807, 2.05) is 6.07 Å². The highest BCUT2D eigenvalue weighted by Gasteiger charge is 2.22. The van der Waals surface area contributed by atoms with Crippen LogP contribution in [0.5, 0.6) is 0 Å². The number of aliphatic hydroxyl groups is 1. The normalized spacial score (nSPS) is 22.2. The minimum Gasteiger partial charge on any atom is -0.396 e. The topological polar surface area (TPSA) is 20.2 Å². The smallest absolute Gasteiger partial charge is 0.0459 e. The van der Waals surface area contributed by atoms with Gasteiger partial charge in [0.05, 0.1) is 0 Å². The van der Waals surface area contributed by atoms with Crippen molar-refractivity contribution < 1.29 is 5.11 Å². The molecule has 1 aromatic rings. The van der Waals surface area contributed by atoms with Crippen LogP contribution >= 0.6 is 11.6 Å². The fourth-order valence-electron chi connectivity index (χ4n) is 2.39. The number of aliphatic hydroxyl groups excluding tert-OH is 1. The summed E-state index contributed by atoms with van der Waals surface area (Å²) in [5.74, 6) is 1.01. The maximum Gasteiger partial charge on any atom is 0.0459 e. The summed E-state index contributed by atoms with van der Waals surface area (Å²) in [7, 11) is 0. The van der Waals surface area contributed by atoms with Gasteiger partial charge in [-0.1, -0.05) is 24.6 Å². The summed E-state index contributed by atoms with van der Waals surface area (Å²) in [5, 5.41) is 9.99. The van der Waals surface area contributed by atoms with Crippen molar-refractivity contribution in [2.45, 2.75) is 26.2 Å². The van der Waals surface area contributed by atoms with Gasteiger partial charge in [-0.25, -0.2) is 0 Å². The average molecular weight is 225 g/mol. The van der Waals surface area contributed by atoms with E-state index < -0.39 is 0 Å². The lowest BCUT2D eigenvalue weighted by atomic mass is 9.78. The van der Waals surface area contributed by atoms with Gasteiger partial charge in [0.25, 0.3) is 0 Å². The van der Waals surface area contributed by atoms with Gasteiger partial charge in [0.2, 0.25) is 0 Å². The van der Waals surface area contributed by atoms with Gasteiger partial charge in [0, 0.05) is 11.6 Å². The van der Waals surface area contributed by atoms with Crippen molar-refractivity contribution in [1.82, 2.24) is 0 Å². The molecular weight excluding hydrogens is 208 g/mol. The summed E-state index contributed by atoms with van der Waals surface area (Å²) in [6.07, 6.45) is 3.38. The molecule has 2 unspecified atom stereocenters. The summed E-state index contributed by atoms with van der Waals surface area (Å²) in [6.45, 7) is 2.42. The van der Waals surface area contributed by atoms with Crippen molar-refractivity contribution in [3.8, 4) is 0 Å². The number of aryl methyl sites for hydroxylation is 1. The molecule has 0 heterocycles. The number of hydrogen-bond acceptors (Lipinski definition) is 1. The molecule has 0 spiro atoms. The fraction of sp³-hybridized carbons (Fsp3) is 0.538. The van der Waals surface area contributed by atoms with Crippen LogP contribution in [0, 0.1) is 11.8 Å². The quantitative estimate of drug-likeness (QED) is 0.819. The number of rotatable bonds is 2. The molecule has 1 N–H and O–H groups in total. The second-order valence-corrected chi connectivity index (χ2v) is 5.01. The van der Waals surface area contributed by atoms with E-state index >= 15 is 0 Å². The van der Waals surface area contributed by atoms with Gasteiger partial charge in [-0.2, -0.15) is 0 Å². The molecule has 0 saturated carbocycles. The SMILES string of the molecule is CC(CO)C1CCc2ccc(Cl)cc2C1. The largest absolute Gasteiger partial charge is 0.396 e. The summed E-state index contributed by atoms with van der Waals surface area (Å²) in [6, 6.07) is 6.18. The first-order valence-electron chi connectivity index (χ1n) is 5.59. The fourth-order valence-corrected chi connectivity index (χ4v) is 2.58. The van der Waals surface area contributed by atoms with E-state index in [4.69, 9.17) is 16.7 Å². The lowest BCUT2D eigenvalue weighted by Crippen LogP contribution is -2.22. The monoisotopic (exact) mass is 224 g/mol. The molecule has 2 rings (SSSR count). The number of benzene rings is 1. The lowest BCUT2D eigenvalue weighted by molar-refractivity contribution is 0.178. The Morgan fingerprint density at radius 3 is 3.00 bits per heavy atom. The van der Waals surface area contributed by atoms with E-state index in [2.05, 4.69) is 19.1 Å². The van der Waals surface area contributed by atoms with E-state index in [1.54, 1.807) is 0 Å². The van der Waals surface area contributed by atoms with Crippen LogP contribution in [-0.2, 0) is 12.8 Å². The number of halogens is 1. The maximum atomic E-state index is 9.16. The molecule has 0 aromatic heterocycles. The first-order valence-corrected chi connectivity index (χ1v) is 5.96. The molecule has 15 heavy (non-hydrogen) atoms. The minimum atomic E-state index is 0.292. The van der Waals surface area contributed by atoms with E-state index in [0.29, 0.717) is 18.4 Å². The van der Waals surface area contributed by atoms with Crippen molar-refractivity contribution in [1.29, 1.82) is 0 Å². The first kappa shape index (κ1) is 11.0. The zero-order valence-electron chi connectivity index (χ0n) is 9.04. The zero-order chi connectivity index (χ0) is 10.8. The average Bonchev–Trinajstić information content (AvgIpc) is 2.27. The van der Waals surface area contributed by atoms with Crippen molar-refractivity contribution in [2.75, 3.05) is 6.61 Å². The van der Waals surface area contributed by atoms with Crippen LogP contribution in [-0.4, -0.2) is 11.7 Å². The minimum absolute atomic E-state index is 0.292. The van der Waals surface area contributed by atoms with Crippen LogP contribution in [0.1, 0.15) is 24.5 Å². The second kappa shape index (κ2) is 4.54. The van der Waals surface area contributed by atoms with Crippen LogP contribution < -0.4 is 0 Å². The Labute approximate surface area is 96.1 Å². The van der Waals surface area contributed by atoms with Gasteiger partial charge in [0.1, 0.15) is 0 Å². The van der Waals surface area contributed by atoms with Gasteiger partial charge in [-0.05, 0) is 54.4 Å². The van der Waals surface area contributed by atoms with Crippen molar-refractivity contribution in [2.24, 2.45) is 11.8 Å². The molecule has 0 fully saturated rings. The predicted octanol–water partition coefficient (Wildman–Crippen LogP) is 3.07. The van der Waals surface area contributed by atoms with Gasteiger partial charge < -0.3 is 5.11 Å². The molecule has 2 heteroatoms. The van der Waals surface area contributed by atoms with Crippen LogP contribution in [0.15, 0.2) is 18.2 Å². The highest BCUT2D eigenvalue weighted by Crippen LogP contribution is 2.31. The van der Waals surface area contributed by atoms with Gasteiger partial charge in [0.15, 0.2) is 0 Å². The standard InChI is InChI=1S/C13H17ClO/c1-9(8-15)11-3-2-10-4-5-13(14)7-12(10)6-11/h4-5,7,9,11,15H,2-3,6,8H2,1H3. The molecule has 1 aliphatic rings. The number of fused-ring (bicyclic) bond motifs is 1. The third-order valence-electron chi connectivity index (χ3n) is 3.53. The second-order valence-electron chi connectivity index (χ2n) is 4.58. The van der Waals surface area contributed by atoms with E-state index in [1.165, 1.54) is 17.5 Å². The van der Waals surface area contributed by atoms with Crippen LogP contribution in [0.3, 0.4) is 0 Å². The summed E-state index contributed by atoms with van der Waals surface area (Å²) < 4.78 is 0. The Bertz CT molecular complexity index is 348. The maximum absolute atomic E-state index is 9.16. The van der Waals surface area contributed by atoms with Crippen LogP contribution in [0.2, 0.25) is 5.02 Å². The molecule has 1 aromatic carbocycles. The molecule has 0 aliphatic heterocycles. The lowest BCUT2D eigenvalue weighted by Gasteiger charge is -2.28. The summed E-state index contributed by atoms with van der Waals surface area (Å²) >= 11 is 5.99. The van der Waals surface area contributed by atoms with Gasteiger partial charge in [-0.3, -0.25) is 0 Å². The number of hydrogen-bond donors (Lipinski definition) is 1. The van der Waals surface area contributed by atoms with E-state index in [9.17, 15) is 0 Å². The Morgan fingerprint density at radius 2 is 2.27 bits per heavy atom. The van der Waals surface area contributed by atoms with Gasteiger partial charge >= 0.3 is 0 Å². The Hall–Kier alpha value is -0.530. The molecule has 0 radical (unpaired) electrons. The van der Waals surface area contributed by atoms with Crippen molar-refractivity contribution in [3.05, 3.63) is 34.3 Å². The van der Waals surface area contributed by atoms with E-state index in [0.717, 1.165) is 17.9 Å². The van der Waals surface area contributed by atoms with E-state index in [-0.39, 0.29) is 0 Å². The third-order valence-corrected chi connectivity index (χ3v) is 3.76. The molecule has 0 saturated heterocycles. The van der Waals surface area contributed by atoms with Crippen molar-refractivity contribution in [3.63, 3.8) is 0 Å². The summed E-state index contributed by atoms with van der Waals surface area (Å²) in [4.78, 5) is 0. The Morgan fingerprint density at radius 1 is 1.47 bits per heavy atom. The molecule has 82 valence electrons. The first-order chi connectivity index (χ1) is 7.20. The van der Waals surface area contributed by atoms with Crippen LogP contribution in [0.25, 0.3) is 0 Å². The van der Waals surface area contributed by atoms with Crippen LogP contribution in [0.4, 0.5) is 0 Å². The van der Waals surface area contributed by atoms with Crippen molar-refractivity contribution >= 4 is 11.6 Å².